The molecule has 4 rings (SSSR count). The average Bonchev–Trinajstić information content (AvgIpc) is 3.25. The lowest BCUT2D eigenvalue weighted by molar-refractivity contribution is -0.149. The van der Waals surface area contributed by atoms with E-state index >= 15 is 0 Å². The molecule has 1 aromatic rings. The first-order chi connectivity index (χ1) is 11.2. The molecular formula is C18H22N2O3. The van der Waals surface area contributed by atoms with Crippen molar-refractivity contribution in [3.8, 4) is 0 Å². The van der Waals surface area contributed by atoms with Gasteiger partial charge in [0.1, 0.15) is 5.60 Å². The number of nitrogens with zero attached hydrogens (tertiary/aromatic N) is 1. The molecule has 23 heavy (non-hydrogen) atoms. The van der Waals surface area contributed by atoms with Gasteiger partial charge < -0.3 is 10.1 Å². The van der Waals surface area contributed by atoms with Crippen molar-refractivity contribution in [2.45, 2.75) is 63.5 Å². The summed E-state index contributed by atoms with van der Waals surface area (Å²) in [4.78, 5) is 28.8. The van der Waals surface area contributed by atoms with Crippen LogP contribution in [0.25, 0.3) is 0 Å². The molecule has 0 bridgehead atoms. The number of hydrogen-bond donors (Lipinski definition) is 1. The summed E-state index contributed by atoms with van der Waals surface area (Å²) in [5.74, 6) is -0.621. The number of pyridine rings is 1. The van der Waals surface area contributed by atoms with Crippen LogP contribution in [0.5, 0.6) is 0 Å². The molecule has 3 aliphatic rings. The highest BCUT2D eigenvalue weighted by atomic mass is 16.6. The number of rotatable bonds is 3. The van der Waals surface area contributed by atoms with Gasteiger partial charge in [0, 0.05) is 18.4 Å². The van der Waals surface area contributed by atoms with E-state index in [1.165, 1.54) is 17.7 Å². The van der Waals surface area contributed by atoms with E-state index in [0.717, 1.165) is 44.1 Å². The number of fused-ring (bicyclic) bond motifs is 1. The number of carbonyl (C=O) groups excluding carboxylic acids is 2. The molecule has 2 fully saturated rings. The molecule has 1 aromatic heterocycles. The lowest BCUT2D eigenvalue weighted by atomic mass is 9.85. The van der Waals surface area contributed by atoms with Crippen LogP contribution in [0.4, 0.5) is 0 Å². The van der Waals surface area contributed by atoms with Gasteiger partial charge >= 0.3 is 5.97 Å². The zero-order valence-corrected chi connectivity index (χ0v) is 13.3. The molecule has 122 valence electrons. The van der Waals surface area contributed by atoms with Crippen LogP contribution in [0.15, 0.2) is 12.3 Å². The van der Waals surface area contributed by atoms with Crippen molar-refractivity contribution in [1.29, 1.82) is 0 Å². The zero-order chi connectivity index (χ0) is 15.9. The minimum atomic E-state index is -0.530. The lowest BCUT2D eigenvalue weighted by Crippen LogP contribution is -2.42. The van der Waals surface area contributed by atoms with Gasteiger partial charge in [-0.2, -0.15) is 0 Å². The van der Waals surface area contributed by atoms with Crippen LogP contribution < -0.4 is 5.32 Å². The number of amides is 1. The molecule has 1 atom stereocenters. The van der Waals surface area contributed by atoms with Gasteiger partial charge in [-0.3, -0.25) is 14.6 Å². The highest BCUT2D eigenvalue weighted by Gasteiger charge is 2.53. The molecule has 5 nitrogen and oxygen atoms in total. The molecule has 2 aliphatic carbocycles. The van der Waals surface area contributed by atoms with Crippen LogP contribution in [0, 0.1) is 5.92 Å². The van der Waals surface area contributed by atoms with E-state index in [0.29, 0.717) is 6.54 Å². The predicted molar refractivity (Wildman–Crippen MR) is 83.5 cm³/mol. The Hall–Kier alpha value is -1.91. The quantitative estimate of drug-likeness (QED) is 0.867. The average molecular weight is 314 g/mol. The second kappa shape index (κ2) is 5.62. The molecule has 1 N–H and O–H groups in total. The van der Waals surface area contributed by atoms with E-state index in [4.69, 9.17) is 4.74 Å². The highest BCUT2D eigenvalue weighted by molar-refractivity contribution is 5.87. The molecule has 1 aliphatic heterocycles. The van der Waals surface area contributed by atoms with Crippen molar-refractivity contribution in [2.75, 3.05) is 0 Å². The molecule has 1 unspecified atom stereocenters. The van der Waals surface area contributed by atoms with E-state index < -0.39 is 5.60 Å². The van der Waals surface area contributed by atoms with Crippen molar-refractivity contribution < 1.29 is 14.3 Å². The zero-order valence-electron chi connectivity index (χ0n) is 13.3. The molecule has 0 radical (unpaired) electrons. The first kappa shape index (κ1) is 14.7. The topological polar surface area (TPSA) is 68.3 Å². The third kappa shape index (κ3) is 2.62. The second-order valence-corrected chi connectivity index (χ2v) is 7.02. The lowest BCUT2D eigenvalue weighted by Gasteiger charge is -2.27. The number of esters is 1. The molecule has 5 heteroatoms. The van der Waals surface area contributed by atoms with Gasteiger partial charge in [-0.05, 0) is 56.1 Å². The maximum absolute atomic E-state index is 12.6. The van der Waals surface area contributed by atoms with E-state index in [1.807, 2.05) is 6.20 Å². The van der Waals surface area contributed by atoms with Crippen LogP contribution in [0.2, 0.25) is 0 Å². The third-order valence-corrected chi connectivity index (χ3v) is 5.53. The second-order valence-electron chi connectivity index (χ2n) is 7.02. The molecular weight excluding hydrogens is 292 g/mol. The normalized spacial score (nSPS) is 24.7. The van der Waals surface area contributed by atoms with Crippen LogP contribution >= 0.6 is 0 Å². The number of aryl methyl sites for hydroxylation is 2. The summed E-state index contributed by atoms with van der Waals surface area (Å²) >= 11 is 0. The summed E-state index contributed by atoms with van der Waals surface area (Å²) in [5, 5.41) is 2.99. The van der Waals surface area contributed by atoms with E-state index in [-0.39, 0.29) is 24.2 Å². The summed E-state index contributed by atoms with van der Waals surface area (Å²) in [6, 6.07) is 2.15. The van der Waals surface area contributed by atoms with Crippen molar-refractivity contribution in [3.63, 3.8) is 0 Å². The van der Waals surface area contributed by atoms with Gasteiger partial charge in [-0.25, -0.2) is 0 Å². The fourth-order valence-corrected chi connectivity index (χ4v) is 4.33. The monoisotopic (exact) mass is 314 g/mol. The van der Waals surface area contributed by atoms with Crippen LogP contribution in [-0.2, 0) is 33.7 Å². The number of hydrogen-bond acceptors (Lipinski definition) is 4. The molecule has 1 saturated carbocycles. The van der Waals surface area contributed by atoms with Gasteiger partial charge in [0.2, 0.25) is 5.91 Å². The van der Waals surface area contributed by atoms with Crippen molar-refractivity contribution >= 4 is 11.9 Å². The SMILES string of the molecule is O=C1CC(C(=O)NCc2cnc3c(c2)CCC3)C2(CCCC2)O1. The Labute approximate surface area is 135 Å². The Morgan fingerprint density at radius 1 is 1.30 bits per heavy atom. The van der Waals surface area contributed by atoms with Gasteiger partial charge in [0.15, 0.2) is 0 Å². The van der Waals surface area contributed by atoms with Crippen molar-refractivity contribution in [3.05, 3.63) is 29.1 Å². The number of ether oxygens (including phenoxy) is 1. The number of aromatic nitrogens is 1. The largest absolute Gasteiger partial charge is 0.458 e. The summed E-state index contributed by atoms with van der Waals surface area (Å²) in [6.07, 6.45) is 9.08. The third-order valence-electron chi connectivity index (χ3n) is 5.53. The van der Waals surface area contributed by atoms with Gasteiger partial charge in [0.05, 0.1) is 12.3 Å². The van der Waals surface area contributed by atoms with Gasteiger partial charge in [-0.1, -0.05) is 6.07 Å². The maximum Gasteiger partial charge on any atom is 0.307 e. The van der Waals surface area contributed by atoms with E-state index in [1.54, 1.807) is 0 Å². The smallest absolute Gasteiger partial charge is 0.307 e. The van der Waals surface area contributed by atoms with E-state index in [9.17, 15) is 9.59 Å². The molecule has 2 heterocycles. The number of carbonyl (C=O) groups is 2. The summed E-state index contributed by atoms with van der Waals surface area (Å²) in [7, 11) is 0. The highest BCUT2D eigenvalue weighted by Crippen LogP contribution is 2.45. The first-order valence-electron chi connectivity index (χ1n) is 8.62. The molecule has 1 saturated heterocycles. The minimum Gasteiger partial charge on any atom is -0.458 e. The Morgan fingerprint density at radius 2 is 2.13 bits per heavy atom. The Kier molecular flexibility index (Phi) is 3.58. The summed E-state index contributed by atoms with van der Waals surface area (Å²) in [6.45, 7) is 0.472. The fraction of sp³-hybridized carbons (Fsp3) is 0.611. The maximum atomic E-state index is 12.6. The Bertz CT molecular complexity index is 650. The van der Waals surface area contributed by atoms with Gasteiger partial charge in [-0.15, -0.1) is 0 Å². The van der Waals surface area contributed by atoms with Crippen LogP contribution in [-0.4, -0.2) is 22.5 Å². The van der Waals surface area contributed by atoms with E-state index in [2.05, 4.69) is 16.4 Å². The van der Waals surface area contributed by atoms with Crippen molar-refractivity contribution in [2.24, 2.45) is 5.92 Å². The molecule has 0 aromatic carbocycles. The standard InChI is InChI=1S/C18H22N2O3/c21-16-9-14(18(23-16)6-1-2-7-18)17(22)20-11-12-8-13-4-3-5-15(13)19-10-12/h8,10,14H,1-7,9,11H2,(H,20,22). The Balaban J connectivity index is 1.42. The minimum absolute atomic E-state index is 0.0572. The Morgan fingerprint density at radius 3 is 2.96 bits per heavy atom. The summed E-state index contributed by atoms with van der Waals surface area (Å²) < 4.78 is 5.54. The van der Waals surface area contributed by atoms with Crippen LogP contribution in [0.1, 0.15) is 55.3 Å². The first-order valence-corrected chi connectivity index (χ1v) is 8.62. The van der Waals surface area contributed by atoms with Crippen molar-refractivity contribution in [1.82, 2.24) is 10.3 Å². The molecule has 1 spiro atoms. The van der Waals surface area contributed by atoms with Gasteiger partial charge in [0.25, 0.3) is 0 Å². The number of nitrogens with one attached hydrogen (secondary N) is 1. The summed E-state index contributed by atoms with van der Waals surface area (Å²) in [5.41, 5.74) is 3.00. The van der Waals surface area contributed by atoms with Crippen LogP contribution in [0.3, 0.4) is 0 Å². The molecule has 1 amide bonds. The predicted octanol–water partition coefficient (Wildman–Crippen LogP) is 2.06. The fourth-order valence-electron chi connectivity index (χ4n) is 4.33.